The third-order valence-electron chi connectivity index (χ3n) is 4.22. The molecule has 0 spiro atoms. The van der Waals surface area contributed by atoms with Crippen molar-refractivity contribution in [1.29, 1.82) is 0 Å². The summed E-state index contributed by atoms with van der Waals surface area (Å²) in [5, 5.41) is 10.4. The zero-order chi connectivity index (χ0) is 19.8. The molecule has 0 fully saturated rings. The molecule has 0 atom stereocenters. The van der Waals surface area contributed by atoms with Gasteiger partial charge in [-0.15, -0.1) is 0 Å². The minimum absolute atomic E-state index is 0.0495. The van der Waals surface area contributed by atoms with Crippen molar-refractivity contribution in [1.82, 2.24) is 0 Å². The second-order valence-electron chi connectivity index (χ2n) is 6.81. The number of hydrogen-bond donors (Lipinski definition) is 1. The zero-order valence-corrected chi connectivity index (χ0v) is 14.9. The molecule has 0 heterocycles. The Morgan fingerprint density at radius 2 is 1.50 bits per heavy atom. The topological polar surface area (TPSA) is 37.3 Å². The third kappa shape index (κ3) is 3.74. The molecule has 6 heteroatoms. The second-order valence-corrected chi connectivity index (χ2v) is 6.81. The van der Waals surface area contributed by atoms with Gasteiger partial charge in [-0.25, -0.2) is 4.39 Å². The summed E-state index contributed by atoms with van der Waals surface area (Å²) in [5.41, 5.74) is -1.09. The van der Waals surface area contributed by atoms with Crippen molar-refractivity contribution in [3.05, 3.63) is 64.0 Å². The van der Waals surface area contributed by atoms with Gasteiger partial charge in [-0.05, 0) is 47.2 Å². The second kappa shape index (κ2) is 7.09. The lowest BCUT2D eigenvalue weighted by Gasteiger charge is -2.17. The number of phenolic OH excluding ortho intramolecular Hbond substituents is 1. The van der Waals surface area contributed by atoms with Crippen LogP contribution in [0.2, 0.25) is 0 Å². The number of carbonyl (C=O) groups is 1. The van der Waals surface area contributed by atoms with Gasteiger partial charge in [0.2, 0.25) is 0 Å². The van der Waals surface area contributed by atoms with Crippen LogP contribution < -0.4 is 0 Å². The van der Waals surface area contributed by atoms with E-state index in [4.69, 9.17) is 0 Å². The van der Waals surface area contributed by atoms with E-state index < -0.39 is 28.9 Å². The maximum absolute atomic E-state index is 14.3. The highest BCUT2D eigenvalue weighted by molar-refractivity contribution is 6.09. The van der Waals surface area contributed by atoms with Gasteiger partial charge < -0.3 is 5.11 Å². The highest BCUT2D eigenvalue weighted by atomic mass is 19.4. The first-order valence-electron chi connectivity index (χ1n) is 8.22. The normalized spacial score (nSPS) is 12.1. The molecule has 26 heavy (non-hydrogen) atoms. The van der Waals surface area contributed by atoms with E-state index in [1.54, 1.807) is 0 Å². The summed E-state index contributed by atoms with van der Waals surface area (Å²) in [7, 11) is 0. The lowest BCUT2D eigenvalue weighted by Crippen LogP contribution is -2.13. The van der Waals surface area contributed by atoms with Gasteiger partial charge in [-0.2, -0.15) is 13.2 Å². The van der Waals surface area contributed by atoms with Gasteiger partial charge in [0, 0.05) is 5.56 Å². The predicted molar refractivity (Wildman–Crippen MR) is 91.1 cm³/mol. The average molecular weight is 368 g/mol. The molecule has 2 aromatic rings. The predicted octanol–water partition coefficient (Wildman–Crippen LogP) is 6.03. The maximum Gasteiger partial charge on any atom is 0.419 e. The van der Waals surface area contributed by atoms with Crippen molar-refractivity contribution in [2.24, 2.45) is 0 Å². The summed E-state index contributed by atoms with van der Waals surface area (Å²) in [6, 6.07) is 5.46. The van der Waals surface area contributed by atoms with Crippen LogP contribution in [-0.4, -0.2) is 10.9 Å². The molecule has 2 aromatic carbocycles. The average Bonchev–Trinajstić information content (AvgIpc) is 2.53. The van der Waals surface area contributed by atoms with Gasteiger partial charge in [0.15, 0.2) is 5.78 Å². The quantitative estimate of drug-likeness (QED) is 0.529. The summed E-state index contributed by atoms with van der Waals surface area (Å²) in [6.07, 6.45) is -4.89. The minimum atomic E-state index is -4.89. The molecule has 0 aliphatic rings. The molecule has 1 N–H and O–H groups in total. The van der Waals surface area contributed by atoms with Gasteiger partial charge in [-0.3, -0.25) is 4.79 Å². The van der Waals surface area contributed by atoms with Crippen molar-refractivity contribution in [3.8, 4) is 5.75 Å². The molecule has 0 aliphatic carbocycles. The van der Waals surface area contributed by atoms with Crippen LogP contribution in [0.1, 0.15) is 72.1 Å². The number of phenols is 1. The van der Waals surface area contributed by atoms with Crippen LogP contribution in [0.15, 0.2) is 30.3 Å². The Kier molecular flexibility index (Phi) is 5.44. The SMILES string of the molecule is CC(C)c1cc(C(=O)c2cccc(C(F)(F)F)c2F)cc(C(C)C)c1O. The van der Waals surface area contributed by atoms with Crippen LogP contribution in [-0.2, 0) is 6.18 Å². The number of hydrogen-bond acceptors (Lipinski definition) is 2. The minimum Gasteiger partial charge on any atom is -0.507 e. The van der Waals surface area contributed by atoms with Crippen molar-refractivity contribution in [3.63, 3.8) is 0 Å². The highest BCUT2D eigenvalue weighted by Crippen LogP contribution is 2.36. The summed E-state index contributed by atoms with van der Waals surface area (Å²) in [4.78, 5) is 12.7. The molecular weight excluding hydrogens is 348 g/mol. The van der Waals surface area contributed by atoms with E-state index in [0.29, 0.717) is 17.2 Å². The van der Waals surface area contributed by atoms with Crippen molar-refractivity contribution in [2.75, 3.05) is 0 Å². The van der Waals surface area contributed by atoms with E-state index in [1.807, 2.05) is 27.7 Å². The summed E-state index contributed by atoms with van der Waals surface area (Å²) < 4.78 is 53.0. The number of alkyl halides is 3. The number of rotatable bonds is 4. The lowest BCUT2D eigenvalue weighted by molar-refractivity contribution is -0.140. The molecule has 0 aliphatic heterocycles. The van der Waals surface area contributed by atoms with Crippen LogP contribution >= 0.6 is 0 Å². The molecule has 0 aromatic heterocycles. The molecule has 0 bridgehead atoms. The number of aromatic hydroxyl groups is 1. The zero-order valence-electron chi connectivity index (χ0n) is 14.9. The smallest absolute Gasteiger partial charge is 0.419 e. The van der Waals surface area contributed by atoms with Crippen molar-refractivity contribution < 1.29 is 27.5 Å². The number of ketones is 1. The maximum atomic E-state index is 14.3. The van der Waals surface area contributed by atoms with Crippen LogP contribution in [0.25, 0.3) is 0 Å². The summed E-state index contributed by atoms with van der Waals surface area (Å²) in [6.45, 7) is 7.27. The molecule has 0 saturated carbocycles. The van der Waals surface area contributed by atoms with E-state index >= 15 is 0 Å². The molecule has 0 saturated heterocycles. The largest absolute Gasteiger partial charge is 0.507 e. The van der Waals surface area contributed by atoms with Crippen LogP contribution in [0.4, 0.5) is 17.6 Å². The number of halogens is 4. The Bertz CT molecular complexity index is 807. The Hall–Kier alpha value is -2.37. The Morgan fingerprint density at radius 1 is 1.00 bits per heavy atom. The Labute approximate surface area is 149 Å². The van der Waals surface area contributed by atoms with Gasteiger partial charge in [0.05, 0.1) is 11.1 Å². The van der Waals surface area contributed by atoms with Crippen molar-refractivity contribution >= 4 is 5.78 Å². The van der Waals surface area contributed by atoms with Gasteiger partial charge in [0.25, 0.3) is 0 Å². The van der Waals surface area contributed by atoms with E-state index in [9.17, 15) is 27.5 Å². The highest BCUT2D eigenvalue weighted by Gasteiger charge is 2.36. The van der Waals surface area contributed by atoms with Gasteiger partial charge in [-0.1, -0.05) is 33.8 Å². The molecule has 140 valence electrons. The first-order chi connectivity index (χ1) is 11.9. The lowest BCUT2D eigenvalue weighted by atomic mass is 9.89. The summed E-state index contributed by atoms with van der Waals surface area (Å²) >= 11 is 0. The number of carbonyl (C=O) groups excluding carboxylic acids is 1. The fraction of sp³-hybridized carbons (Fsp3) is 0.350. The molecular formula is C20H20F4O2. The first-order valence-corrected chi connectivity index (χ1v) is 8.22. The standard InChI is InChI=1S/C20H20F4O2/c1-10(2)14-8-12(9-15(11(3)4)19(14)26)18(25)13-6-5-7-16(17(13)21)20(22,23)24/h5-11,26H,1-4H3. The number of benzene rings is 2. The van der Waals surface area contributed by atoms with Crippen LogP contribution in [0.3, 0.4) is 0 Å². The first kappa shape index (κ1) is 19.9. The fourth-order valence-electron chi connectivity index (χ4n) is 2.77. The van der Waals surface area contributed by atoms with Gasteiger partial charge >= 0.3 is 6.18 Å². The van der Waals surface area contributed by atoms with Gasteiger partial charge in [0.1, 0.15) is 11.6 Å². The molecule has 2 nitrogen and oxygen atoms in total. The monoisotopic (exact) mass is 368 g/mol. The van der Waals surface area contributed by atoms with Crippen LogP contribution in [0.5, 0.6) is 5.75 Å². The Balaban J connectivity index is 2.65. The van der Waals surface area contributed by atoms with E-state index in [-0.39, 0.29) is 23.1 Å². The fourth-order valence-corrected chi connectivity index (χ4v) is 2.77. The van der Waals surface area contributed by atoms with Crippen molar-refractivity contribution in [2.45, 2.75) is 45.7 Å². The van der Waals surface area contributed by atoms with Crippen LogP contribution in [0, 0.1) is 5.82 Å². The molecule has 0 amide bonds. The molecule has 2 rings (SSSR count). The molecule has 0 radical (unpaired) electrons. The van der Waals surface area contributed by atoms with E-state index in [0.717, 1.165) is 12.1 Å². The third-order valence-corrected chi connectivity index (χ3v) is 4.22. The van der Waals surface area contributed by atoms with E-state index in [2.05, 4.69) is 0 Å². The molecule has 0 unspecified atom stereocenters. The van der Waals surface area contributed by atoms with E-state index in [1.165, 1.54) is 12.1 Å². The Morgan fingerprint density at radius 3 is 1.92 bits per heavy atom. The summed E-state index contributed by atoms with van der Waals surface area (Å²) in [5.74, 6) is -2.62.